The lowest BCUT2D eigenvalue weighted by atomic mass is 10.1. The second-order valence-electron chi connectivity index (χ2n) is 6.59. The fourth-order valence-corrected chi connectivity index (χ4v) is 3.25. The van der Waals surface area contributed by atoms with E-state index in [1.54, 1.807) is 17.8 Å². The summed E-state index contributed by atoms with van der Waals surface area (Å²) in [5.41, 5.74) is 3.57. The number of aromatic nitrogens is 2. The smallest absolute Gasteiger partial charge is 0.295 e. The molecule has 0 bridgehead atoms. The van der Waals surface area contributed by atoms with E-state index < -0.39 is 0 Å². The number of nitrogens with zero attached hydrogens (tertiary/aromatic N) is 3. The summed E-state index contributed by atoms with van der Waals surface area (Å²) in [6.07, 6.45) is 1.55. The van der Waals surface area contributed by atoms with E-state index in [0.717, 1.165) is 24.5 Å². The van der Waals surface area contributed by atoms with Gasteiger partial charge in [-0.1, -0.05) is 54.6 Å². The van der Waals surface area contributed by atoms with Gasteiger partial charge < -0.3 is 4.74 Å². The third-order valence-electron chi connectivity index (χ3n) is 4.74. The lowest BCUT2D eigenvalue weighted by Gasteiger charge is -2.17. The number of fused-ring (bicyclic) bond motifs is 1. The van der Waals surface area contributed by atoms with Crippen molar-refractivity contribution in [2.45, 2.75) is 26.2 Å². The molecule has 0 fully saturated rings. The minimum atomic E-state index is -0.150. The highest BCUT2D eigenvalue weighted by molar-refractivity contribution is 5.30. The Morgan fingerprint density at radius 2 is 1.65 bits per heavy atom. The molecule has 5 heteroatoms. The van der Waals surface area contributed by atoms with Crippen LogP contribution in [0, 0.1) is 0 Å². The Morgan fingerprint density at radius 1 is 1.00 bits per heavy atom. The standard InChI is InChI=1S/C21H21N3O2/c1-23-20(14-24-12-17-9-5-6-10-18(17)13-24)22-11-19(21(23)25)26-15-16-7-3-2-4-8-16/h2-11H,12-15H2,1H3. The third-order valence-corrected chi connectivity index (χ3v) is 4.74. The van der Waals surface area contributed by atoms with Crippen molar-refractivity contribution in [3.63, 3.8) is 0 Å². The number of hydrogen-bond donors (Lipinski definition) is 0. The summed E-state index contributed by atoms with van der Waals surface area (Å²) in [6, 6.07) is 18.2. The molecule has 1 aliphatic rings. The summed E-state index contributed by atoms with van der Waals surface area (Å²) in [6.45, 7) is 2.77. The zero-order valence-corrected chi connectivity index (χ0v) is 14.8. The maximum Gasteiger partial charge on any atom is 0.295 e. The molecule has 0 saturated carbocycles. The van der Waals surface area contributed by atoms with Crippen molar-refractivity contribution in [2.24, 2.45) is 7.05 Å². The van der Waals surface area contributed by atoms with Gasteiger partial charge in [-0.15, -0.1) is 0 Å². The van der Waals surface area contributed by atoms with E-state index in [4.69, 9.17) is 4.74 Å². The van der Waals surface area contributed by atoms with Gasteiger partial charge in [0.1, 0.15) is 12.4 Å². The van der Waals surface area contributed by atoms with Crippen LogP contribution in [0.25, 0.3) is 0 Å². The molecule has 1 aromatic heterocycles. The fourth-order valence-electron chi connectivity index (χ4n) is 3.25. The molecule has 4 rings (SSSR count). The van der Waals surface area contributed by atoms with Gasteiger partial charge in [0.2, 0.25) is 5.75 Å². The summed E-state index contributed by atoms with van der Waals surface area (Å²) in [5.74, 6) is 1.03. The molecule has 0 atom stereocenters. The van der Waals surface area contributed by atoms with Gasteiger partial charge in [0.25, 0.3) is 5.56 Å². The van der Waals surface area contributed by atoms with Gasteiger partial charge >= 0.3 is 0 Å². The highest BCUT2D eigenvalue weighted by Crippen LogP contribution is 2.23. The lowest BCUT2D eigenvalue weighted by molar-refractivity contribution is 0.259. The highest BCUT2D eigenvalue weighted by atomic mass is 16.5. The number of rotatable bonds is 5. The molecule has 0 N–H and O–H groups in total. The molecule has 0 amide bonds. The van der Waals surface area contributed by atoms with Crippen molar-refractivity contribution in [3.05, 3.63) is 93.7 Å². The first kappa shape index (κ1) is 16.5. The van der Waals surface area contributed by atoms with E-state index in [1.165, 1.54) is 11.1 Å². The van der Waals surface area contributed by atoms with Crippen LogP contribution >= 0.6 is 0 Å². The molecular weight excluding hydrogens is 326 g/mol. The average Bonchev–Trinajstić information content (AvgIpc) is 3.08. The van der Waals surface area contributed by atoms with Crippen LogP contribution in [0.3, 0.4) is 0 Å². The molecule has 0 unspecified atom stereocenters. The van der Waals surface area contributed by atoms with Gasteiger partial charge in [0, 0.05) is 20.1 Å². The normalized spacial score (nSPS) is 13.6. The molecule has 0 aliphatic carbocycles. The van der Waals surface area contributed by atoms with Gasteiger partial charge in [-0.2, -0.15) is 0 Å². The average molecular weight is 347 g/mol. The van der Waals surface area contributed by atoms with E-state index in [-0.39, 0.29) is 11.3 Å². The molecule has 3 aromatic rings. The van der Waals surface area contributed by atoms with E-state index in [9.17, 15) is 4.79 Å². The van der Waals surface area contributed by atoms with Gasteiger partial charge in [0.15, 0.2) is 0 Å². The monoisotopic (exact) mass is 347 g/mol. The summed E-state index contributed by atoms with van der Waals surface area (Å²) >= 11 is 0. The molecule has 0 radical (unpaired) electrons. The first-order valence-corrected chi connectivity index (χ1v) is 8.71. The molecule has 0 saturated heterocycles. The Bertz CT molecular complexity index is 941. The highest BCUT2D eigenvalue weighted by Gasteiger charge is 2.20. The van der Waals surface area contributed by atoms with E-state index in [2.05, 4.69) is 34.1 Å². The number of benzene rings is 2. The SMILES string of the molecule is Cn1c(CN2Cc3ccccc3C2)ncc(OCc2ccccc2)c1=O. The van der Waals surface area contributed by atoms with Crippen LogP contribution in [0.4, 0.5) is 0 Å². The van der Waals surface area contributed by atoms with Crippen LogP contribution in [0.1, 0.15) is 22.5 Å². The lowest BCUT2D eigenvalue weighted by Crippen LogP contribution is -2.27. The number of hydrogen-bond acceptors (Lipinski definition) is 4. The van der Waals surface area contributed by atoms with Crippen molar-refractivity contribution in [2.75, 3.05) is 0 Å². The second-order valence-corrected chi connectivity index (χ2v) is 6.59. The fraction of sp³-hybridized carbons (Fsp3) is 0.238. The third kappa shape index (κ3) is 3.39. The van der Waals surface area contributed by atoms with Crippen LogP contribution in [-0.4, -0.2) is 14.5 Å². The van der Waals surface area contributed by atoms with E-state index >= 15 is 0 Å². The Labute approximate surface area is 152 Å². The van der Waals surface area contributed by atoms with Crippen LogP contribution in [0.2, 0.25) is 0 Å². The van der Waals surface area contributed by atoms with Crippen LogP contribution in [0.5, 0.6) is 5.75 Å². The van der Waals surface area contributed by atoms with Crippen LogP contribution < -0.4 is 10.3 Å². The first-order valence-electron chi connectivity index (χ1n) is 8.71. The molecule has 0 spiro atoms. The minimum Gasteiger partial charge on any atom is -0.482 e. The Hall–Kier alpha value is -2.92. The van der Waals surface area contributed by atoms with Crippen LogP contribution in [0.15, 0.2) is 65.6 Å². The van der Waals surface area contributed by atoms with Gasteiger partial charge in [0.05, 0.1) is 12.7 Å². The molecule has 2 heterocycles. The molecule has 132 valence electrons. The Kier molecular flexibility index (Phi) is 4.54. The summed E-state index contributed by atoms with van der Waals surface area (Å²) in [7, 11) is 1.75. The molecule has 1 aliphatic heterocycles. The summed E-state index contributed by atoms with van der Waals surface area (Å²) < 4.78 is 7.26. The predicted molar refractivity (Wildman–Crippen MR) is 99.6 cm³/mol. The first-order chi connectivity index (χ1) is 12.7. The number of ether oxygens (including phenoxy) is 1. The Morgan fingerprint density at radius 3 is 2.35 bits per heavy atom. The van der Waals surface area contributed by atoms with Gasteiger partial charge in [-0.3, -0.25) is 14.3 Å². The van der Waals surface area contributed by atoms with Crippen molar-refractivity contribution >= 4 is 0 Å². The second kappa shape index (κ2) is 7.14. The maximum absolute atomic E-state index is 12.6. The zero-order valence-electron chi connectivity index (χ0n) is 14.8. The predicted octanol–water partition coefficient (Wildman–Crippen LogP) is 2.88. The molecular formula is C21H21N3O2. The summed E-state index contributed by atoms with van der Waals surface area (Å²) in [4.78, 5) is 19.3. The van der Waals surface area contributed by atoms with E-state index in [1.807, 2.05) is 30.3 Å². The van der Waals surface area contributed by atoms with Gasteiger partial charge in [-0.25, -0.2) is 4.98 Å². The molecule has 26 heavy (non-hydrogen) atoms. The van der Waals surface area contributed by atoms with Crippen LogP contribution in [-0.2, 0) is 33.3 Å². The molecule has 2 aromatic carbocycles. The minimum absolute atomic E-state index is 0.150. The van der Waals surface area contributed by atoms with E-state index in [0.29, 0.717) is 13.2 Å². The maximum atomic E-state index is 12.6. The summed E-state index contributed by atoms with van der Waals surface area (Å²) in [5, 5.41) is 0. The largest absolute Gasteiger partial charge is 0.482 e. The van der Waals surface area contributed by atoms with Crippen molar-refractivity contribution in [1.82, 2.24) is 14.5 Å². The quantitative estimate of drug-likeness (QED) is 0.712. The van der Waals surface area contributed by atoms with Crippen molar-refractivity contribution in [1.29, 1.82) is 0 Å². The topological polar surface area (TPSA) is 47.4 Å². The zero-order chi connectivity index (χ0) is 17.9. The van der Waals surface area contributed by atoms with Gasteiger partial charge in [-0.05, 0) is 16.7 Å². The van der Waals surface area contributed by atoms with Crippen molar-refractivity contribution < 1.29 is 4.74 Å². The molecule has 5 nitrogen and oxygen atoms in total. The Balaban J connectivity index is 1.46. The van der Waals surface area contributed by atoms with Crippen molar-refractivity contribution in [3.8, 4) is 5.75 Å².